The van der Waals surface area contributed by atoms with E-state index in [4.69, 9.17) is 4.42 Å². The molecule has 0 radical (unpaired) electrons. The summed E-state index contributed by atoms with van der Waals surface area (Å²) in [5.74, 6) is -0.978. The summed E-state index contributed by atoms with van der Waals surface area (Å²) in [5.41, 5.74) is 2.04. The molecule has 182 valence electrons. The van der Waals surface area contributed by atoms with Crippen LogP contribution in [0.3, 0.4) is 0 Å². The second-order valence-electron chi connectivity index (χ2n) is 8.71. The van der Waals surface area contributed by atoms with Crippen LogP contribution in [0.5, 0.6) is 0 Å². The van der Waals surface area contributed by atoms with Crippen LogP contribution in [-0.2, 0) is 21.4 Å². The van der Waals surface area contributed by atoms with Crippen LogP contribution in [0, 0.1) is 18.7 Å². The lowest BCUT2D eigenvalue weighted by atomic mass is 9.94. The van der Waals surface area contributed by atoms with Crippen molar-refractivity contribution in [1.29, 1.82) is 0 Å². The Bertz CT molecular complexity index is 1370. The number of aromatic nitrogens is 1. The van der Waals surface area contributed by atoms with E-state index in [0.717, 1.165) is 6.42 Å². The summed E-state index contributed by atoms with van der Waals surface area (Å²) in [6, 6.07) is 8.71. The summed E-state index contributed by atoms with van der Waals surface area (Å²) in [6.45, 7) is 4.77. The number of aryl methyl sites for hydroxylation is 2. The van der Waals surface area contributed by atoms with Crippen LogP contribution in [0.4, 0.5) is 10.1 Å². The Kier molecular flexibility index (Phi) is 6.90. The van der Waals surface area contributed by atoms with Crippen molar-refractivity contribution in [3.8, 4) is 0 Å². The second kappa shape index (κ2) is 9.71. The van der Waals surface area contributed by atoms with Gasteiger partial charge in [-0.05, 0) is 68.0 Å². The molecule has 0 atom stereocenters. The molecule has 1 N–H and O–H groups in total. The summed E-state index contributed by atoms with van der Waals surface area (Å²) in [7, 11) is -3.75. The highest BCUT2D eigenvalue weighted by Crippen LogP contribution is 2.28. The lowest BCUT2D eigenvalue weighted by Gasteiger charge is -2.31. The number of nitrogens with zero attached hydrogens (tertiary/aromatic N) is 2. The van der Waals surface area contributed by atoms with Crippen molar-refractivity contribution in [1.82, 2.24) is 8.87 Å². The molecule has 2 aromatic carbocycles. The van der Waals surface area contributed by atoms with Gasteiger partial charge in [-0.3, -0.25) is 9.36 Å². The average molecular weight is 490 g/mol. The largest absolute Gasteiger partial charge is 0.419 e. The van der Waals surface area contributed by atoms with Gasteiger partial charge in [-0.15, -0.1) is 0 Å². The van der Waals surface area contributed by atoms with E-state index in [1.807, 2.05) is 6.92 Å². The highest BCUT2D eigenvalue weighted by Gasteiger charge is 2.31. The van der Waals surface area contributed by atoms with Gasteiger partial charge in [0.15, 0.2) is 5.58 Å². The summed E-state index contributed by atoms with van der Waals surface area (Å²) < 4.78 is 47.8. The van der Waals surface area contributed by atoms with Gasteiger partial charge in [0.2, 0.25) is 15.9 Å². The fourth-order valence-corrected chi connectivity index (χ4v) is 5.86. The van der Waals surface area contributed by atoms with E-state index >= 15 is 0 Å². The molecule has 1 aliphatic heterocycles. The predicted molar refractivity (Wildman–Crippen MR) is 127 cm³/mol. The van der Waals surface area contributed by atoms with Crippen LogP contribution >= 0.6 is 0 Å². The maximum atomic E-state index is 13.3. The lowest BCUT2D eigenvalue weighted by Crippen LogP contribution is -2.39. The van der Waals surface area contributed by atoms with Crippen LogP contribution in [0.1, 0.15) is 38.2 Å². The zero-order chi connectivity index (χ0) is 24.5. The maximum absolute atomic E-state index is 13.3. The standard InChI is InChI=1S/C24H28FN3O5S/c1-3-10-28-21-7-5-19(15-22(21)33-24(28)30)34(31,32)27-11-8-17(9-12-27)14-23(29)26-20-6-4-18(25)13-16(20)2/h4-7,13,15,17H,3,8-12,14H2,1-2H3,(H,26,29). The van der Waals surface area contributed by atoms with Crippen molar-refractivity contribution < 1.29 is 22.0 Å². The first-order valence-electron chi connectivity index (χ1n) is 11.4. The molecule has 34 heavy (non-hydrogen) atoms. The van der Waals surface area contributed by atoms with Crippen molar-refractivity contribution in [2.45, 2.75) is 51.0 Å². The van der Waals surface area contributed by atoms with Crippen molar-refractivity contribution in [3.63, 3.8) is 0 Å². The summed E-state index contributed by atoms with van der Waals surface area (Å²) in [4.78, 5) is 24.6. The molecule has 0 unspecified atom stereocenters. The molecular weight excluding hydrogens is 461 g/mol. The van der Waals surface area contributed by atoms with E-state index in [-0.39, 0.29) is 34.5 Å². The highest BCUT2D eigenvalue weighted by atomic mass is 32.2. The number of anilines is 1. The number of rotatable bonds is 7. The van der Waals surface area contributed by atoms with E-state index in [2.05, 4.69) is 5.32 Å². The molecule has 1 fully saturated rings. The molecule has 0 bridgehead atoms. The van der Waals surface area contributed by atoms with E-state index in [1.54, 1.807) is 13.0 Å². The van der Waals surface area contributed by atoms with Crippen LogP contribution in [0.15, 0.2) is 50.5 Å². The molecule has 8 nitrogen and oxygen atoms in total. The average Bonchev–Trinajstić information content (AvgIpc) is 3.11. The highest BCUT2D eigenvalue weighted by molar-refractivity contribution is 7.89. The fourth-order valence-electron chi connectivity index (χ4n) is 4.38. The van der Waals surface area contributed by atoms with Gasteiger partial charge >= 0.3 is 5.76 Å². The number of halogens is 1. The molecule has 3 aromatic rings. The fraction of sp³-hybridized carbons (Fsp3) is 0.417. The van der Waals surface area contributed by atoms with Gasteiger partial charge in [0.1, 0.15) is 5.82 Å². The number of carbonyl (C=O) groups is 1. The maximum Gasteiger partial charge on any atom is 0.419 e. The van der Waals surface area contributed by atoms with Gasteiger partial charge in [0.25, 0.3) is 0 Å². The molecule has 1 aromatic heterocycles. The van der Waals surface area contributed by atoms with Gasteiger partial charge < -0.3 is 9.73 Å². The first-order valence-corrected chi connectivity index (χ1v) is 12.8. The number of benzene rings is 2. The van der Waals surface area contributed by atoms with Gasteiger partial charge in [-0.1, -0.05) is 6.92 Å². The molecule has 1 amide bonds. The minimum absolute atomic E-state index is 0.0516. The van der Waals surface area contributed by atoms with E-state index in [9.17, 15) is 22.4 Å². The Hall–Kier alpha value is -2.98. The predicted octanol–water partition coefficient (Wildman–Crippen LogP) is 3.88. The van der Waals surface area contributed by atoms with Gasteiger partial charge in [-0.2, -0.15) is 4.31 Å². The van der Waals surface area contributed by atoms with Crippen LogP contribution in [0.25, 0.3) is 11.1 Å². The van der Waals surface area contributed by atoms with Gasteiger partial charge in [0.05, 0.1) is 10.4 Å². The smallest absolute Gasteiger partial charge is 0.408 e. The number of fused-ring (bicyclic) bond motifs is 1. The van der Waals surface area contributed by atoms with Crippen molar-refractivity contribution >= 4 is 32.7 Å². The Morgan fingerprint density at radius 1 is 1.18 bits per heavy atom. The second-order valence-corrected chi connectivity index (χ2v) is 10.6. The molecule has 0 saturated carbocycles. The minimum atomic E-state index is -3.75. The van der Waals surface area contributed by atoms with Crippen LogP contribution < -0.4 is 11.1 Å². The normalized spacial score (nSPS) is 15.6. The number of hydrogen-bond acceptors (Lipinski definition) is 5. The number of amides is 1. The third-order valence-electron chi connectivity index (χ3n) is 6.23. The number of nitrogens with one attached hydrogen (secondary N) is 1. The topological polar surface area (TPSA) is 102 Å². The monoisotopic (exact) mass is 489 g/mol. The molecular formula is C24H28FN3O5S. The summed E-state index contributed by atoms with van der Waals surface area (Å²) >= 11 is 0. The van der Waals surface area contributed by atoms with E-state index < -0.39 is 15.8 Å². The van der Waals surface area contributed by atoms with Gasteiger partial charge in [-0.25, -0.2) is 17.6 Å². The summed E-state index contributed by atoms with van der Waals surface area (Å²) in [5, 5.41) is 2.81. The third kappa shape index (κ3) is 4.92. The SMILES string of the molecule is CCCn1c(=O)oc2cc(S(=O)(=O)N3CCC(CC(=O)Nc4ccc(F)cc4C)CC3)ccc21. The number of sulfonamides is 1. The quantitative estimate of drug-likeness (QED) is 0.543. The number of oxazole rings is 1. The van der Waals surface area contributed by atoms with Crippen LogP contribution in [0.2, 0.25) is 0 Å². The van der Waals surface area contributed by atoms with Crippen molar-refractivity contribution in [2.75, 3.05) is 18.4 Å². The zero-order valence-electron chi connectivity index (χ0n) is 19.2. The number of hydrogen-bond donors (Lipinski definition) is 1. The number of carbonyl (C=O) groups excluding carboxylic acids is 1. The van der Waals surface area contributed by atoms with E-state index in [0.29, 0.717) is 49.2 Å². The Balaban J connectivity index is 1.39. The first-order chi connectivity index (χ1) is 16.2. The van der Waals surface area contributed by atoms with Crippen molar-refractivity contribution in [2.24, 2.45) is 5.92 Å². The Labute approximate surface area is 197 Å². The molecule has 0 aliphatic carbocycles. The molecule has 1 saturated heterocycles. The van der Waals surface area contributed by atoms with E-state index in [1.165, 1.54) is 39.2 Å². The van der Waals surface area contributed by atoms with Crippen molar-refractivity contribution in [3.05, 3.63) is 58.3 Å². The third-order valence-corrected chi connectivity index (χ3v) is 8.13. The Morgan fingerprint density at radius 3 is 2.59 bits per heavy atom. The summed E-state index contributed by atoms with van der Waals surface area (Å²) in [6.07, 6.45) is 2.14. The first kappa shape index (κ1) is 24.2. The molecule has 4 rings (SSSR count). The Morgan fingerprint density at radius 2 is 1.91 bits per heavy atom. The molecule has 0 spiro atoms. The van der Waals surface area contributed by atoms with Crippen LogP contribution in [-0.4, -0.2) is 36.3 Å². The molecule has 1 aliphatic rings. The minimum Gasteiger partial charge on any atom is -0.408 e. The molecule has 2 heterocycles. The lowest BCUT2D eigenvalue weighted by molar-refractivity contribution is -0.117. The molecule has 10 heteroatoms. The zero-order valence-corrected chi connectivity index (χ0v) is 20.0. The van der Waals surface area contributed by atoms with Gasteiger partial charge in [0, 0.05) is 37.8 Å². The number of piperidine rings is 1.